The Kier molecular flexibility index (Phi) is 6.36. The second kappa shape index (κ2) is 7.94. The first-order chi connectivity index (χ1) is 11.6. The highest BCUT2D eigenvalue weighted by Gasteiger charge is 2.37. The van der Waals surface area contributed by atoms with Crippen molar-refractivity contribution in [1.29, 1.82) is 0 Å². The fourth-order valence-electron chi connectivity index (χ4n) is 2.49. The molecule has 0 radical (unpaired) electrons. The summed E-state index contributed by atoms with van der Waals surface area (Å²) in [5, 5.41) is 10.1. The molecule has 2 heterocycles. The maximum atomic E-state index is 12.0. The van der Waals surface area contributed by atoms with Crippen LogP contribution in [0.5, 0.6) is 0 Å². The Morgan fingerprint density at radius 1 is 1.48 bits per heavy atom. The normalized spacial score (nSPS) is 26.1. The lowest BCUT2D eigenvalue weighted by Crippen LogP contribution is -2.34. The topological polar surface area (TPSA) is 140 Å². The highest BCUT2D eigenvalue weighted by atomic mass is 31.2. The van der Waals surface area contributed by atoms with Gasteiger partial charge in [0.05, 0.1) is 18.8 Å². The Hall–Kier alpha value is -1.29. The van der Waals surface area contributed by atoms with Gasteiger partial charge in [-0.1, -0.05) is 6.92 Å². The molecule has 3 N–H and O–H groups in total. The number of H-pyrrole nitrogens is 1. The van der Waals surface area contributed by atoms with Gasteiger partial charge < -0.3 is 14.7 Å². The van der Waals surface area contributed by atoms with E-state index in [1.807, 2.05) is 0 Å². The average Bonchev–Trinajstić information content (AvgIpc) is 2.85. The molecule has 0 amide bonds. The zero-order valence-corrected chi connectivity index (χ0v) is 15.1. The molecule has 2 rings (SSSR count). The highest BCUT2D eigenvalue weighted by Crippen LogP contribution is 2.45. The van der Waals surface area contributed by atoms with E-state index in [-0.39, 0.29) is 13.0 Å². The number of hydrogen-bond acceptors (Lipinski definition) is 7. The summed E-state index contributed by atoms with van der Waals surface area (Å²) in [4.78, 5) is 35.3. The number of aromatic nitrogens is 2. The molecule has 4 atom stereocenters. The molecule has 1 aliphatic rings. The van der Waals surface area contributed by atoms with Crippen LogP contribution in [-0.2, 0) is 24.8 Å². The molecule has 1 aliphatic heterocycles. The second-order valence-corrected chi connectivity index (χ2v) is 7.43. The third kappa shape index (κ3) is 5.10. The van der Waals surface area contributed by atoms with Gasteiger partial charge >= 0.3 is 13.5 Å². The first kappa shape index (κ1) is 20.0. The van der Waals surface area contributed by atoms with Crippen LogP contribution in [-0.4, -0.2) is 44.5 Å². The molecular formula is C14H23N2O8P. The van der Waals surface area contributed by atoms with E-state index in [9.17, 15) is 24.2 Å². The zero-order chi connectivity index (χ0) is 18.8. The molecule has 10 nitrogen and oxygen atoms in total. The number of rotatable bonds is 7. The lowest BCUT2D eigenvalue weighted by atomic mass is 10.2. The van der Waals surface area contributed by atoms with E-state index in [1.54, 1.807) is 20.8 Å². The van der Waals surface area contributed by atoms with Crippen molar-refractivity contribution in [2.24, 2.45) is 0 Å². The summed E-state index contributed by atoms with van der Waals surface area (Å²) in [6.45, 7) is 4.55. The van der Waals surface area contributed by atoms with Crippen molar-refractivity contribution < 1.29 is 28.3 Å². The number of aromatic amines is 1. The average molecular weight is 378 g/mol. The molecular weight excluding hydrogens is 355 g/mol. The maximum Gasteiger partial charge on any atom is 0.472 e. The van der Waals surface area contributed by atoms with Crippen LogP contribution < -0.4 is 11.2 Å². The van der Waals surface area contributed by atoms with Gasteiger partial charge in [-0.2, -0.15) is 0 Å². The van der Waals surface area contributed by atoms with E-state index >= 15 is 0 Å². The van der Waals surface area contributed by atoms with Crippen LogP contribution in [0.3, 0.4) is 0 Å². The monoisotopic (exact) mass is 378 g/mol. The SMILES string of the molecule is CCc1cn([C@H]2C[C@H](O)[C@@H](COP(=O)(O)OC(C)C)O2)c(=O)[nH]c1=O. The Morgan fingerprint density at radius 3 is 2.76 bits per heavy atom. The van der Waals surface area contributed by atoms with Gasteiger partial charge in [-0.3, -0.25) is 23.4 Å². The van der Waals surface area contributed by atoms with Crippen molar-refractivity contribution >= 4 is 7.82 Å². The van der Waals surface area contributed by atoms with Crippen molar-refractivity contribution in [1.82, 2.24) is 9.55 Å². The number of hydrogen-bond donors (Lipinski definition) is 3. The summed E-state index contributed by atoms with van der Waals surface area (Å²) >= 11 is 0. The van der Waals surface area contributed by atoms with Crippen LogP contribution in [0.1, 0.15) is 39.0 Å². The summed E-state index contributed by atoms with van der Waals surface area (Å²) in [6.07, 6.45) is -1.35. The van der Waals surface area contributed by atoms with Crippen LogP contribution in [0.4, 0.5) is 0 Å². The molecule has 1 aromatic rings. The predicted octanol–water partition coefficient (Wildman–Crippen LogP) is 0.289. The van der Waals surface area contributed by atoms with Crippen LogP contribution in [0, 0.1) is 0 Å². The smallest absolute Gasteiger partial charge is 0.390 e. The van der Waals surface area contributed by atoms with E-state index < -0.39 is 43.6 Å². The van der Waals surface area contributed by atoms with Gasteiger partial charge in [0.2, 0.25) is 0 Å². The third-order valence-electron chi connectivity index (χ3n) is 3.68. The second-order valence-electron chi connectivity index (χ2n) is 6.03. The molecule has 142 valence electrons. The van der Waals surface area contributed by atoms with E-state index in [0.717, 1.165) is 0 Å². The molecule has 0 aromatic carbocycles. The number of aliphatic hydroxyl groups excluding tert-OH is 1. The minimum Gasteiger partial charge on any atom is -0.390 e. The minimum atomic E-state index is -4.26. The molecule has 1 aromatic heterocycles. The van der Waals surface area contributed by atoms with Crippen LogP contribution in [0.2, 0.25) is 0 Å². The molecule has 1 saturated heterocycles. The quantitative estimate of drug-likeness (QED) is 0.575. The van der Waals surface area contributed by atoms with Crippen molar-refractivity contribution in [2.45, 2.75) is 58.2 Å². The van der Waals surface area contributed by atoms with Crippen molar-refractivity contribution in [3.63, 3.8) is 0 Å². The first-order valence-electron chi connectivity index (χ1n) is 7.96. The molecule has 0 bridgehead atoms. The number of nitrogens with one attached hydrogen (secondary N) is 1. The molecule has 11 heteroatoms. The summed E-state index contributed by atoms with van der Waals surface area (Å²) in [6, 6.07) is 0. The number of phosphoric acid groups is 1. The van der Waals surface area contributed by atoms with Gasteiger partial charge in [0.25, 0.3) is 5.56 Å². The number of aliphatic hydroxyl groups is 1. The predicted molar refractivity (Wildman–Crippen MR) is 87.2 cm³/mol. The van der Waals surface area contributed by atoms with Gasteiger partial charge in [-0.05, 0) is 20.3 Å². The Morgan fingerprint density at radius 2 is 2.16 bits per heavy atom. The first-order valence-corrected chi connectivity index (χ1v) is 9.46. The zero-order valence-electron chi connectivity index (χ0n) is 14.2. The van der Waals surface area contributed by atoms with Gasteiger partial charge in [0.15, 0.2) is 0 Å². The Labute approximate surface area is 144 Å². The fraction of sp³-hybridized carbons (Fsp3) is 0.714. The van der Waals surface area contributed by atoms with E-state index in [2.05, 4.69) is 4.98 Å². The molecule has 0 aliphatic carbocycles. The van der Waals surface area contributed by atoms with Gasteiger partial charge in [0, 0.05) is 18.2 Å². The minimum absolute atomic E-state index is 0.0733. The van der Waals surface area contributed by atoms with Crippen molar-refractivity contribution in [3.05, 3.63) is 32.6 Å². The van der Waals surface area contributed by atoms with Gasteiger partial charge in [0.1, 0.15) is 12.3 Å². The summed E-state index contributed by atoms with van der Waals surface area (Å²) < 4.78 is 28.0. The third-order valence-corrected chi connectivity index (χ3v) is 4.85. The summed E-state index contributed by atoms with van der Waals surface area (Å²) in [5.74, 6) is 0. The number of phosphoric ester groups is 1. The molecule has 0 spiro atoms. The lowest BCUT2D eigenvalue weighted by molar-refractivity contribution is -0.0475. The standard InChI is InChI=1S/C14H23N2O8P/c1-4-9-6-16(14(19)15-13(9)18)12-5-10(17)11(23-12)7-22-25(20,21)24-8(2)3/h6,8,10-12,17H,4-5,7H2,1-3H3,(H,20,21)(H,15,18,19)/t10-,11+,12+/m0/s1. The van der Waals surface area contributed by atoms with Gasteiger partial charge in [-0.15, -0.1) is 0 Å². The number of nitrogens with zero attached hydrogens (tertiary/aromatic N) is 1. The van der Waals surface area contributed by atoms with Crippen LogP contribution in [0.25, 0.3) is 0 Å². The molecule has 0 saturated carbocycles. The maximum absolute atomic E-state index is 12.0. The summed E-state index contributed by atoms with van der Waals surface area (Å²) in [5.41, 5.74) is -0.714. The number of ether oxygens (including phenoxy) is 1. The van der Waals surface area contributed by atoms with E-state index in [1.165, 1.54) is 10.8 Å². The Bertz CT molecular complexity index is 758. The number of aryl methyl sites for hydroxylation is 1. The molecule has 1 fully saturated rings. The van der Waals surface area contributed by atoms with Crippen molar-refractivity contribution in [3.8, 4) is 0 Å². The highest BCUT2D eigenvalue weighted by molar-refractivity contribution is 7.47. The van der Waals surface area contributed by atoms with Crippen molar-refractivity contribution in [2.75, 3.05) is 6.61 Å². The molecule has 25 heavy (non-hydrogen) atoms. The van der Waals surface area contributed by atoms with Gasteiger partial charge in [-0.25, -0.2) is 9.36 Å². The van der Waals surface area contributed by atoms with Crippen LogP contribution >= 0.6 is 7.82 Å². The Balaban J connectivity index is 2.08. The molecule has 1 unspecified atom stereocenters. The summed E-state index contributed by atoms with van der Waals surface area (Å²) in [7, 11) is -4.26. The van der Waals surface area contributed by atoms with E-state index in [4.69, 9.17) is 13.8 Å². The van der Waals surface area contributed by atoms with Crippen LogP contribution in [0.15, 0.2) is 15.8 Å². The fourth-order valence-corrected chi connectivity index (χ4v) is 3.42. The lowest BCUT2D eigenvalue weighted by Gasteiger charge is -2.19. The largest absolute Gasteiger partial charge is 0.472 e. The van der Waals surface area contributed by atoms with E-state index in [0.29, 0.717) is 12.0 Å².